The van der Waals surface area contributed by atoms with Gasteiger partial charge in [-0.15, -0.1) is 0 Å². The van der Waals surface area contributed by atoms with Crippen LogP contribution in [0.3, 0.4) is 0 Å². The van der Waals surface area contributed by atoms with Crippen molar-refractivity contribution in [2.24, 2.45) is 23.5 Å². The lowest BCUT2D eigenvalue weighted by Crippen LogP contribution is -2.33. The van der Waals surface area contributed by atoms with Crippen LogP contribution in [0.5, 0.6) is 0 Å². The van der Waals surface area contributed by atoms with E-state index < -0.39 is 0 Å². The zero-order valence-electron chi connectivity index (χ0n) is 11.6. The molecule has 0 heterocycles. The maximum atomic E-state index is 6.01. The fourth-order valence-electron chi connectivity index (χ4n) is 3.15. The largest absolute Gasteiger partial charge is 0.329 e. The molecule has 20 heavy (non-hydrogen) atoms. The number of hydrogen-bond acceptors (Lipinski definition) is 2. The van der Waals surface area contributed by atoms with E-state index in [2.05, 4.69) is 27.3 Å². The van der Waals surface area contributed by atoms with Gasteiger partial charge < -0.3 is 11.1 Å². The first-order valence-electron chi connectivity index (χ1n) is 7.57. The van der Waals surface area contributed by atoms with Gasteiger partial charge in [0.15, 0.2) is 0 Å². The first-order valence-corrected chi connectivity index (χ1v) is 8.74. The normalized spacial score (nSPS) is 20.4. The molecule has 0 bridgehead atoms. The minimum absolute atomic E-state index is 0.210. The van der Waals surface area contributed by atoms with E-state index in [9.17, 15) is 0 Å². The van der Waals surface area contributed by atoms with E-state index in [1.807, 2.05) is 12.1 Å². The van der Waals surface area contributed by atoms with Crippen molar-refractivity contribution in [1.29, 1.82) is 0 Å². The third-order valence-corrected chi connectivity index (χ3v) is 5.55. The molecule has 2 nitrogen and oxygen atoms in total. The SMILES string of the molecule is NCC(NCC(C1CC1)C1CC1)c1ccc(Cl)cc1Br. The van der Waals surface area contributed by atoms with E-state index in [-0.39, 0.29) is 6.04 Å². The Morgan fingerprint density at radius 3 is 2.40 bits per heavy atom. The monoisotopic (exact) mass is 356 g/mol. The second-order valence-electron chi connectivity index (χ2n) is 6.20. The molecule has 2 saturated carbocycles. The second-order valence-corrected chi connectivity index (χ2v) is 7.49. The summed E-state index contributed by atoms with van der Waals surface area (Å²) < 4.78 is 1.04. The smallest absolute Gasteiger partial charge is 0.0455 e. The number of nitrogens with one attached hydrogen (secondary N) is 1. The molecule has 1 aromatic carbocycles. The first-order chi connectivity index (χ1) is 9.69. The zero-order chi connectivity index (χ0) is 14.1. The van der Waals surface area contributed by atoms with Gasteiger partial charge in [0, 0.05) is 22.1 Å². The molecule has 1 aromatic rings. The van der Waals surface area contributed by atoms with Crippen molar-refractivity contribution in [3.8, 4) is 0 Å². The van der Waals surface area contributed by atoms with Gasteiger partial charge in [-0.2, -0.15) is 0 Å². The minimum atomic E-state index is 0.210. The van der Waals surface area contributed by atoms with Gasteiger partial charge in [0.05, 0.1) is 0 Å². The molecule has 3 N–H and O–H groups in total. The van der Waals surface area contributed by atoms with Gasteiger partial charge in [-0.3, -0.25) is 0 Å². The molecule has 1 atom stereocenters. The quantitative estimate of drug-likeness (QED) is 0.770. The van der Waals surface area contributed by atoms with Gasteiger partial charge in [0.25, 0.3) is 0 Å². The highest BCUT2D eigenvalue weighted by molar-refractivity contribution is 9.10. The standard InChI is InChI=1S/C16H22BrClN2/c17-15-7-12(18)5-6-13(15)16(8-19)20-9-14(10-1-2-10)11-3-4-11/h5-7,10-11,14,16,20H,1-4,8-9,19H2. The molecular formula is C16H22BrClN2. The van der Waals surface area contributed by atoms with Crippen LogP contribution in [0.4, 0.5) is 0 Å². The molecule has 0 saturated heterocycles. The summed E-state index contributed by atoms with van der Waals surface area (Å²) in [5.41, 5.74) is 7.18. The molecule has 0 aromatic heterocycles. The summed E-state index contributed by atoms with van der Waals surface area (Å²) in [6.45, 7) is 1.72. The van der Waals surface area contributed by atoms with Crippen LogP contribution in [0.2, 0.25) is 5.02 Å². The minimum Gasteiger partial charge on any atom is -0.329 e. The van der Waals surface area contributed by atoms with E-state index in [4.69, 9.17) is 17.3 Å². The van der Waals surface area contributed by atoms with Crippen LogP contribution in [0.25, 0.3) is 0 Å². The lowest BCUT2D eigenvalue weighted by atomic mass is 9.97. The molecule has 3 rings (SSSR count). The number of nitrogens with two attached hydrogens (primary N) is 1. The summed E-state index contributed by atoms with van der Waals surface area (Å²) in [7, 11) is 0. The Labute approximate surface area is 134 Å². The highest BCUT2D eigenvalue weighted by Gasteiger charge is 2.41. The van der Waals surface area contributed by atoms with Gasteiger partial charge in [0.2, 0.25) is 0 Å². The second kappa shape index (κ2) is 6.35. The molecule has 0 aliphatic heterocycles. The van der Waals surface area contributed by atoms with Crippen molar-refractivity contribution in [2.45, 2.75) is 31.7 Å². The van der Waals surface area contributed by atoms with Crippen molar-refractivity contribution in [3.63, 3.8) is 0 Å². The van der Waals surface area contributed by atoms with Crippen LogP contribution in [0.15, 0.2) is 22.7 Å². The predicted octanol–water partition coefficient (Wildman–Crippen LogP) is 4.13. The molecule has 0 spiro atoms. The van der Waals surface area contributed by atoms with E-state index in [0.29, 0.717) is 6.54 Å². The third-order valence-electron chi connectivity index (χ3n) is 4.63. The van der Waals surface area contributed by atoms with Gasteiger partial charge >= 0.3 is 0 Å². The van der Waals surface area contributed by atoms with Crippen molar-refractivity contribution in [3.05, 3.63) is 33.3 Å². The fraction of sp³-hybridized carbons (Fsp3) is 0.625. The van der Waals surface area contributed by atoms with Crippen LogP contribution in [-0.2, 0) is 0 Å². The number of rotatable bonds is 7. The van der Waals surface area contributed by atoms with Crippen LogP contribution < -0.4 is 11.1 Å². The van der Waals surface area contributed by atoms with Gasteiger partial charge in [-0.1, -0.05) is 33.6 Å². The highest BCUT2D eigenvalue weighted by atomic mass is 79.9. The molecule has 4 heteroatoms. The van der Waals surface area contributed by atoms with Gasteiger partial charge in [-0.25, -0.2) is 0 Å². The topological polar surface area (TPSA) is 38.0 Å². The summed E-state index contributed by atoms with van der Waals surface area (Å²) in [6.07, 6.45) is 5.73. The summed E-state index contributed by atoms with van der Waals surface area (Å²) in [6, 6.07) is 6.16. The van der Waals surface area contributed by atoms with Crippen LogP contribution >= 0.6 is 27.5 Å². The van der Waals surface area contributed by atoms with E-state index in [0.717, 1.165) is 33.8 Å². The zero-order valence-corrected chi connectivity index (χ0v) is 14.0. The van der Waals surface area contributed by atoms with Crippen LogP contribution in [0, 0.1) is 17.8 Å². The summed E-state index contributed by atoms with van der Waals surface area (Å²) in [5, 5.41) is 4.45. The van der Waals surface area contributed by atoms with Gasteiger partial charge in [-0.05, 0) is 67.7 Å². The van der Waals surface area contributed by atoms with Crippen molar-refractivity contribution >= 4 is 27.5 Å². The third kappa shape index (κ3) is 3.56. The Balaban J connectivity index is 1.63. The van der Waals surface area contributed by atoms with E-state index in [1.165, 1.54) is 31.2 Å². The summed E-state index contributed by atoms with van der Waals surface area (Å²) in [4.78, 5) is 0. The maximum Gasteiger partial charge on any atom is 0.0455 e. The van der Waals surface area contributed by atoms with Crippen LogP contribution in [-0.4, -0.2) is 13.1 Å². The van der Waals surface area contributed by atoms with E-state index in [1.54, 1.807) is 0 Å². The lowest BCUT2D eigenvalue weighted by Gasteiger charge is -2.23. The highest BCUT2D eigenvalue weighted by Crippen LogP contribution is 2.49. The molecule has 2 fully saturated rings. The van der Waals surface area contributed by atoms with Crippen molar-refractivity contribution in [2.75, 3.05) is 13.1 Å². The Morgan fingerprint density at radius 2 is 1.90 bits per heavy atom. The maximum absolute atomic E-state index is 6.01. The number of halogens is 2. The Morgan fingerprint density at radius 1 is 1.25 bits per heavy atom. The average molecular weight is 358 g/mol. The first kappa shape index (κ1) is 14.8. The van der Waals surface area contributed by atoms with E-state index >= 15 is 0 Å². The molecule has 0 radical (unpaired) electrons. The summed E-state index contributed by atoms with van der Waals surface area (Å²) >= 11 is 9.61. The summed E-state index contributed by atoms with van der Waals surface area (Å²) in [5.74, 6) is 2.82. The molecule has 2 aliphatic carbocycles. The number of hydrogen-bond donors (Lipinski definition) is 2. The Bertz CT molecular complexity index is 460. The van der Waals surface area contributed by atoms with Crippen molar-refractivity contribution < 1.29 is 0 Å². The fourth-order valence-corrected chi connectivity index (χ4v) is 4.11. The Hall–Kier alpha value is -0.0900. The molecular weight excluding hydrogens is 336 g/mol. The van der Waals surface area contributed by atoms with Gasteiger partial charge in [0.1, 0.15) is 0 Å². The molecule has 0 amide bonds. The lowest BCUT2D eigenvalue weighted by molar-refractivity contribution is 0.357. The molecule has 110 valence electrons. The molecule has 1 unspecified atom stereocenters. The molecule has 2 aliphatic rings. The Kier molecular flexibility index (Phi) is 4.71. The number of benzene rings is 1. The predicted molar refractivity (Wildman–Crippen MR) is 87.9 cm³/mol. The average Bonchev–Trinajstić information content (AvgIpc) is 3.28. The van der Waals surface area contributed by atoms with Crippen LogP contribution in [0.1, 0.15) is 37.3 Å². The van der Waals surface area contributed by atoms with Crippen molar-refractivity contribution in [1.82, 2.24) is 5.32 Å².